The fourth-order valence-electron chi connectivity index (χ4n) is 6.00. The Hall–Kier alpha value is -2.94. The summed E-state index contributed by atoms with van der Waals surface area (Å²) in [5, 5.41) is 14.2. The van der Waals surface area contributed by atoms with Crippen LogP contribution in [0.3, 0.4) is 0 Å². The van der Waals surface area contributed by atoms with Gasteiger partial charge in [0.2, 0.25) is 0 Å². The maximum absolute atomic E-state index is 10.8. The molecule has 4 aromatic carbocycles. The number of carbonyl (C=O) groups excluding carboxylic acids is 1. The van der Waals surface area contributed by atoms with Crippen molar-refractivity contribution < 1.29 is 31.6 Å². The van der Waals surface area contributed by atoms with Crippen LogP contribution in [-0.4, -0.2) is 24.2 Å². The van der Waals surface area contributed by atoms with Crippen LogP contribution in [0.2, 0.25) is 0 Å². The largest absolute Gasteiger partial charge is 1.00 e. The molecule has 0 radical (unpaired) electrons. The maximum atomic E-state index is 10.8. The van der Waals surface area contributed by atoms with Crippen LogP contribution in [-0.2, 0) is 0 Å². The number of phenolic OH excluding ortho intramolecular Hbond substituents is 1. The molecule has 4 rings (SSSR count). The van der Waals surface area contributed by atoms with Crippen LogP contribution in [0.1, 0.15) is 87.4 Å². The molecular formula is C39H48BrO3P. The Kier molecular flexibility index (Phi) is 16.3. The van der Waals surface area contributed by atoms with Crippen molar-refractivity contribution in [3.05, 3.63) is 115 Å². The molecule has 44 heavy (non-hydrogen) atoms. The molecule has 0 unspecified atom stereocenters. The molecule has 0 amide bonds. The van der Waals surface area contributed by atoms with E-state index in [0.717, 1.165) is 12.8 Å². The van der Waals surface area contributed by atoms with Gasteiger partial charge >= 0.3 is 0 Å². The van der Waals surface area contributed by atoms with Gasteiger partial charge in [-0.1, -0.05) is 112 Å². The molecule has 0 fully saturated rings. The summed E-state index contributed by atoms with van der Waals surface area (Å²) in [6, 6.07) is 38.6. The van der Waals surface area contributed by atoms with Gasteiger partial charge in [0, 0.05) is 6.07 Å². The van der Waals surface area contributed by atoms with Crippen LogP contribution >= 0.6 is 7.26 Å². The van der Waals surface area contributed by atoms with Crippen molar-refractivity contribution in [2.45, 2.75) is 77.0 Å². The second-order valence-electron chi connectivity index (χ2n) is 11.5. The molecule has 0 saturated heterocycles. The number of rotatable bonds is 20. The highest BCUT2D eigenvalue weighted by atomic mass is 79.9. The molecule has 0 spiro atoms. The monoisotopic (exact) mass is 674 g/mol. The number of ether oxygens (including phenoxy) is 1. The number of phenols is 1. The number of aldehydes is 1. The van der Waals surface area contributed by atoms with E-state index in [2.05, 4.69) is 91.0 Å². The van der Waals surface area contributed by atoms with Gasteiger partial charge in [-0.3, -0.25) is 4.79 Å². The summed E-state index contributed by atoms with van der Waals surface area (Å²) in [5.74, 6) is 0.595. The number of benzene rings is 4. The summed E-state index contributed by atoms with van der Waals surface area (Å²) >= 11 is 0. The van der Waals surface area contributed by atoms with Gasteiger partial charge in [0.05, 0.1) is 18.3 Å². The van der Waals surface area contributed by atoms with Crippen molar-refractivity contribution in [2.75, 3.05) is 12.8 Å². The summed E-state index contributed by atoms with van der Waals surface area (Å²) in [6.07, 6.45) is 17.2. The highest BCUT2D eigenvalue weighted by Crippen LogP contribution is 2.56. The van der Waals surface area contributed by atoms with Crippen LogP contribution in [0.4, 0.5) is 0 Å². The van der Waals surface area contributed by atoms with Gasteiger partial charge in [-0.25, -0.2) is 0 Å². The van der Waals surface area contributed by atoms with Crippen molar-refractivity contribution in [2.24, 2.45) is 0 Å². The lowest BCUT2D eigenvalue weighted by atomic mass is 10.1. The first kappa shape index (κ1) is 35.5. The van der Waals surface area contributed by atoms with Gasteiger partial charge in [-0.2, -0.15) is 0 Å². The molecule has 0 saturated carbocycles. The van der Waals surface area contributed by atoms with Crippen molar-refractivity contribution in [3.63, 3.8) is 0 Å². The molecule has 0 aliphatic rings. The average Bonchev–Trinajstić information content (AvgIpc) is 3.06. The van der Waals surface area contributed by atoms with E-state index in [1.54, 1.807) is 12.1 Å². The molecule has 0 aliphatic heterocycles. The van der Waals surface area contributed by atoms with Gasteiger partial charge in [0.15, 0.2) is 6.29 Å². The van der Waals surface area contributed by atoms with Crippen molar-refractivity contribution in [1.29, 1.82) is 0 Å². The molecule has 234 valence electrons. The first-order valence-electron chi connectivity index (χ1n) is 16.2. The zero-order chi connectivity index (χ0) is 30.0. The lowest BCUT2D eigenvalue weighted by molar-refractivity contribution is -0.0000168. The molecule has 0 aromatic heterocycles. The number of halogens is 1. The molecule has 0 aliphatic carbocycles. The summed E-state index contributed by atoms with van der Waals surface area (Å²) in [5.41, 5.74) is 0.293. The van der Waals surface area contributed by atoms with E-state index in [1.807, 2.05) is 0 Å². The van der Waals surface area contributed by atoms with E-state index in [4.69, 9.17) is 4.74 Å². The SMILES string of the molecule is O=Cc1ccc(OCCCCCCCCCCCCCC[P+](c2ccccc2)(c2ccccc2)c2ccccc2)cc1O.[Br-]. The topological polar surface area (TPSA) is 46.5 Å². The number of hydrogen-bond acceptors (Lipinski definition) is 3. The summed E-state index contributed by atoms with van der Waals surface area (Å²) in [6.45, 7) is 0.644. The van der Waals surface area contributed by atoms with Gasteiger partial charge in [-0.15, -0.1) is 0 Å². The van der Waals surface area contributed by atoms with Gasteiger partial charge in [0.1, 0.15) is 34.7 Å². The molecule has 0 bridgehead atoms. The minimum Gasteiger partial charge on any atom is -1.00 e. The Morgan fingerprint density at radius 3 is 1.36 bits per heavy atom. The fraction of sp³-hybridized carbons (Fsp3) is 0.359. The minimum absolute atomic E-state index is 0. The summed E-state index contributed by atoms with van der Waals surface area (Å²) < 4.78 is 5.70. The zero-order valence-electron chi connectivity index (χ0n) is 26.0. The number of carbonyl (C=O) groups is 1. The van der Waals surface area contributed by atoms with Crippen molar-refractivity contribution in [3.8, 4) is 11.5 Å². The van der Waals surface area contributed by atoms with Crippen LogP contribution < -0.4 is 37.6 Å². The molecule has 1 N–H and O–H groups in total. The van der Waals surface area contributed by atoms with Gasteiger partial charge in [-0.05, 0) is 67.8 Å². The molecule has 0 heterocycles. The third-order valence-corrected chi connectivity index (χ3v) is 12.9. The smallest absolute Gasteiger partial charge is 0.153 e. The van der Waals surface area contributed by atoms with Crippen LogP contribution in [0.25, 0.3) is 0 Å². The normalized spacial score (nSPS) is 11.1. The summed E-state index contributed by atoms with van der Waals surface area (Å²) in [4.78, 5) is 10.8. The maximum Gasteiger partial charge on any atom is 0.153 e. The Morgan fingerprint density at radius 1 is 0.545 bits per heavy atom. The molecular weight excluding hydrogens is 627 g/mol. The number of aromatic hydroxyl groups is 1. The second-order valence-corrected chi connectivity index (χ2v) is 15.1. The lowest BCUT2D eigenvalue weighted by Crippen LogP contribution is -3.00. The lowest BCUT2D eigenvalue weighted by Gasteiger charge is -2.27. The summed E-state index contributed by atoms with van der Waals surface area (Å²) in [7, 11) is -1.69. The van der Waals surface area contributed by atoms with E-state index in [9.17, 15) is 9.90 Å². The average molecular weight is 676 g/mol. The van der Waals surface area contributed by atoms with E-state index in [1.165, 1.54) is 92.4 Å². The Bertz CT molecular complexity index is 1230. The standard InChI is InChI=1S/C39H47O3P.BrH/c40-33-34-28-29-35(32-39(34)41)42-30-20-9-7-5-3-1-2-4-6-8-10-21-31-43(36-22-14-11-15-23-36,37-24-16-12-17-25-37)38-26-18-13-19-27-38;/h11-19,22-29,32-33H,1-10,20-21,30-31H2;1H. The highest BCUT2D eigenvalue weighted by molar-refractivity contribution is 7.95. The molecule has 3 nitrogen and oxygen atoms in total. The fourth-order valence-corrected chi connectivity index (χ4v) is 10.4. The van der Waals surface area contributed by atoms with Gasteiger partial charge in [0.25, 0.3) is 0 Å². The van der Waals surface area contributed by atoms with Crippen molar-refractivity contribution in [1.82, 2.24) is 0 Å². The Morgan fingerprint density at radius 2 is 0.955 bits per heavy atom. The van der Waals surface area contributed by atoms with E-state index in [-0.39, 0.29) is 22.7 Å². The Balaban J connectivity index is 0.00000529. The highest BCUT2D eigenvalue weighted by Gasteiger charge is 2.44. The van der Waals surface area contributed by atoms with E-state index >= 15 is 0 Å². The minimum atomic E-state index is -1.69. The van der Waals surface area contributed by atoms with Crippen molar-refractivity contribution >= 4 is 29.5 Å². The van der Waals surface area contributed by atoms with E-state index < -0.39 is 7.26 Å². The zero-order valence-corrected chi connectivity index (χ0v) is 28.4. The predicted molar refractivity (Wildman–Crippen MR) is 184 cm³/mol. The van der Waals surface area contributed by atoms with Gasteiger partial charge < -0.3 is 26.8 Å². The first-order chi connectivity index (χ1) is 21.2. The molecule has 0 atom stereocenters. The third-order valence-electron chi connectivity index (χ3n) is 8.38. The quantitative estimate of drug-likeness (QED) is 0.0684. The van der Waals surface area contributed by atoms with Crippen LogP contribution in [0.5, 0.6) is 11.5 Å². The number of hydrogen-bond donors (Lipinski definition) is 1. The third kappa shape index (κ3) is 10.6. The Labute approximate surface area is 276 Å². The number of unbranched alkanes of at least 4 members (excludes halogenated alkanes) is 11. The van der Waals surface area contributed by atoms with Crippen LogP contribution in [0.15, 0.2) is 109 Å². The molecule has 5 heteroatoms. The van der Waals surface area contributed by atoms with E-state index in [0.29, 0.717) is 24.2 Å². The molecule has 4 aromatic rings. The first-order valence-corrected chi connectivity index (χ1v) is 18.2. The van der Waals surface area contributed by atoms with Crippen LogP contribution in [0, 0.1) is 0 Å². The predicted octanol–water partition coefficient (Wildman–Crippen LogP) is 6.26. The second kappa shape index (κ2) is 20.2.